The molecule has 178 valence electrons. The highest BCUT2D eigenvalue weighted by molar-refractivity contribution is 7.18. The molecule has 10 heteroatoms. The maximum atomic E-state index is 12.8. The molecule has 9 nitrogen and oxygen atoms in total. The van der Waals surface area contributed by atoms with Crippen molar-refractivity contribution < 1.29 is 9.53 Å². The van der Waals surface area contributed by atoms with Gasteiger partial charge in [0.2, 0.25) is 5.91 Å². The Morgan fingerprint density at radius 3 is 2.76 bits per heavy atom. The molecule has 4 aromatic rings. The van der Waals surface area contributed by atoms with Gasteiger partial charge >= 0.3 is 0 Å². The molecule has 0 atom stereocenters. The topological polar surface area (TPSA) is 100 Å². The summed E-state index contributed by atoms with van der Waals surface area (Å²) in [6, 6.07) is 7.87. The molecule has 4 heterocycles. The van der Waals surface area contributed by atoms with Gasteiger partial charge in [-0.1, -0.05) is 19.9 Å². The number of anilines is 1. The molecule has 1 N–H and O–H groups in total. The molecule has 1 fully saturated rings. The van der Waals surface area contributed by atoms with E-state index in [9.17, 15) is 4.79 Å². The number of aromatic nitrogens is 5. The first-order chi connectivity index (χ1) is 16.7. The molecular formula is C24H29N7O2S. The van der Waals surface area contributed by atoms with Crippen LogP contribution in [-0.2, 0) is 17.6 Å². The van der Waals surface area contributed by atoms with Crippen LogP contribution in [0.1, 0.15) is 37.4 Å². The number of aromatic amines is 1. The van der Waals surface area contributed by atoms with E-state index in [1.54, 1.807) is 11.3 Å². The zero-order valence-corrected chi connectivity index (χ0v) is 20.4. The van der Waals surface area contributed by atoms with E-state index < -0.39 is 0 Å². The molecule has 34 heavy (non-hydrogen) atoms. The third-order valence-electron chi connectivity index (χ3n) is 6.17. The predicted molar refractivity (Wildman–Crippen MR) is 134 cm³/mol. The van der Waals surface area contributed by atoms with Crippen LogP contribution in [0.5, 0.6) is 5.75 Å². The van der Waals surface area contributed by atoms with Gasteiger partial charge < -0.3 is 14.5 Å². The fraction of sp³-hybridized carbons (Fsp3) is 0.458. The first kappa shape index (κ1) is 22.5. The SMILES string of the molecule is CCc1nc(N2CCN(C(=O)CCCOc3cccc4n[nH]nc34)CC2)c2cc(CC)sc2n1. The Kier molecular flexibility index (Phi) is 6.57. The van der Waals surface area contributed by atoms with Crippen LogP contribution < -0.4 is 9.64 Å². The fourth-order valence-electron chi connectivity index (χ4n) is 4.26. The summed E-state index contributed by atoms with van der Waals surface area (Å²) >= 11 is 1.76. The molecule has 0 radical (unpaired) electrons. The predicted octanol–water partition coefficient (Wildman–Crippen LogP) is 3.60. The van der Waals surface area contributed by atoms with Gasteiger partial charge in [-0.25, -0.2) is 9.97 Å². The van der Waals surface area contributed by atoms with Crippen molar-refractivity contribution in [2.45, 2.75) is 39.5 Å². The summed E-state index contributed by atoms with van der Waals surface area (Å²) in [5, 5.41) is 11.9. The van der Waals surface area contributed by atoms with Crippen molar-refractivity contribution in [1.29, 1.82) is 0 Å². The van der Waals surface area contributed by atoms with Crippen LogP contribution in [0.2, 0.25) is 0 Å². The quantitative estimate of drug-likeness (QED) is 0.386. The number of carbonyl (C=O) groups is 1. The van der Waals surface area contributed by atoms with Crippen LogP contribution in [0.25, 0.3) is 21.3 Å². The summed E-state index contributed by atoms with van der Waals surface area (Å²) in [6.07, 6.45) is 2.95. The van der Waals surface area contributed by atoms with Crippen molar-refractivity contribution in [3.05, 3.63) is 35.0 Å². The number of rotatable bonds is 8. The van der Waals surface area contributed by atoms with Gasteiger partial charge in [0.1, 0.15) is 27.7 Å². The van der Waals surface area contributed by atoms with Crippen molar-refractivity contribution in [3.8, 4) is 5.75 Å². The van der Waals surface area contributed by atoms with E-state index in [1.807, 2.05) is 23.1 Å². The van der Waals surface area contributed by atoms with Crippen molar-refractivity contribution in [3.63, 3.8) is 0 Å². The lowest BCUT2D eigenvalue weighted by Crippen LogP contribution is -2.49. The molecular weight excluding hydrogens is 450 g/mol. The highest BCUT2D eigenvalue weighted by atomic mass is 32.1. The number of nitrogens with one attached hydrogen (secondary N) is 1. The number of thiophene rings is 1. The molecule has 0 spiro atoms. The average molecular weight is 480 g/mol. The molecule has 5 rings (SSSR count). The number of piperazine rings is 1. The number of amides is 1. The summed E-state index contributed by atoms with van der Waals surface area (Å²) in [4.78, 5) is 29.0. The smallest absolute Gasteiger partial charge is 0.222 e. The number of hydrogen-bond donors (Lipinski definition) is 1. The van der Waals surface area contributed by atoms with Gasteiger partial charge in [-0.2, -0.15) is 15.4 Å². The molecule has 0 bridgehead atoms. The van der Waals surface area contributed by atoms with E-state index in [1.165, 1.54) is 4.88 Å². The minimum Gasteiger partial charge on any atom is -0.491 e. The Hall–Kier alpha value is -3.27. The summed E-state index contributed by atoms with van der Waals surface area (Å²) in [5.41, 5.74) is 1.48. The zero-order chi connectivity index (χ0) is 23.5. The Balaban J connectivity index is 1.15. The number of carbonyl (C=O) groups excluding carboxylic acids is 1. The molecule has 1 aliphatic heterocycles. The van der Waals surface area contributed by atoms with E-state index in [0.29, 0.717) is 43.8 Å². The fourth-order valence-corrected chi connectivity index (χ4v) is 5.24. The number of fused-ring (bicyclic) bond motifs is 2. The van der Waals surface area contributed by atoms with Crippen LogP contribution in [0.15, 0.2) is 24.3 Å². The highest BCUT2D eigenvalue weighted by Crippen LogP contribution is 2.32. The van der Waals surface area contributed by atoms with Gasteiger partial charge in [0.25, 0.3) is 0 Å². The monoisotopic (exact) mass is 479 g/mol. The number of nitrogens with zero attached hydrogens (tertiary/aromatic N) is 6. The van der Waals surface area contributed by atoms with Crippen molar-refractivity contribution in [2.75, 3.05) is 37.7 Å². The highest BCUT2D eigenvalue weighted by Gasteiger charge is 2.24. The lowest BCUT2D eigenvalue weighted by molar-refractivity contribution is -0.131. The van der Waals surface area contributed by atoms with E-state index in [-0.39, 0.29) is 5.91 Å². The molecule has 0 unspecified atom stereocenters. The normalized spacial score (nSPS) is 14.3. The van der Waals surface area contributed by atoms with Crippen molar-refractivity contribution in [1.82, 2.24) is 30.3 Å². The molecule has 1 aromatic carbocycles. The van der Waals surface area contributed by atoms with Crippen LogP contribution in [0, 0.1) is 0 Å². The van der Waals surface area contributed by atoms with Gasteiger partial charge in [0, 0.05) is 43.9 Å². The molecule has 0 saturated carbocycles. The van der Waals surface area contributed by atoms with E-state index in [4.69, 9.17) is 14.7 Å². The molecule has 0 aliphatic carbocycles. The van der Waals surface area contributed by atoms with E-state index >= 15 is 0 Å². The van der Waals surface area contributed by atoms with Crippen molar-refractivity contribution in [2.24, 2.45) is 0 Å². The van der Waals surface area contributed by atoms with Crippen molar-refractivity contribution >= 4 is 44.3 Å². The first-order valence-electron chi connectivity index (χ1n) is 11.9. The minimum atomic E-state index is 0.175. The van der Waals surface area contributed by atoms with Crippen LogP contribution in [0.4, 0.5) is 5.82 Å². The number of H-pyrrole nitrogens is 1. The molecule has 1 saturated heterocycles. The number of benzene rings is 1. The summed E-state index contributed by atoms with van der Waals surface area (Å²) < 4.78 is 5.85. The number of hydrogen-bond acceptors (Lipinski definition) is 8. The third-order valence-corrected chi connectivity index (χ3v) is 7.34. The van der Waals surface area contributed by atoms with Crippen LogP contribution >= 0.6 is 11.3 Å². The van der Waals surface area contributed by atoms with Gasteiger partial charge in [0.05, 0.1) is 12.0 Å². The standard InChI is InChI=1S/C24H29N7O2S/c1-3-16-15-17-23(25-20(4-2)26-24(17)34-16)31-12-10-30(11-13-31)21(32)9-6-14-33-19-8-5-7-18-22(19)28-29-27-18/h5,7-8,15H,3-4,6,9-14H2,1-2H3,(H,27,28,29). The summed E-state index contributed by atoms with van der Waals surface area (Å²) in [5.74, 6) is 2.76. The van der Waals surface area contributed by atoms with E-state index in [2.05, 4.69) is 40.2 Å². The van der Waals surface area contributed by atoms with Gasteiger partial charge in [-0.15, -0.1) is 11.3 Å². The second-order valence-corrected chi connectivity index (χ2v) is 9.48. The maximum Gasteiger partial charge on any atom is 0.222 e. The molecule has 3 aromatic heterocycles. The number of para-hydroxylation sites is 1. The number of aryl methyl sites for hydroxylation is 2. The zero-order valence-electron chi connectivity index (χ0n) is 19.6. The minimum absolute atomic E-state index is 0.175. The largest absolute Gasteiger partial charge is 0.491 e. The Morgan fingerprint density at radius 1 is 1.12 bits per heavy atom. The first-order valence-corrected chi connectivity index (χ1v) is 12.7. The van der Waals surface area contributed by atoms with Gasteiger partial charge in [0.15, 0.2) is 5.52 Å². The molecule has 1 amide bonds. The summed E-state index contributed by atoms with van der Waals surface area (Å²) in [7, 11) is 0. The lowest BCUT2D eigenvalue weighted by Gasteiger charge is -2.35. The number of ether oxygens (including phenoxy) is 1. The Morgan fingerprint density at radius 2 is 1.97 bits per heavy atom. The second kappa shape index (κ2) is 9.92. The van der Waals surface area contributed by atoms with Crippen LogP contribution in [-0.4, -0.2) is 69.0 Å². The molecule has 1 aliphatic rings. The van der Waals surface area contributed by atoms with Crippen LogP contribution in [0.3, 0.4) is 0 Å². The summed E-state index contributed by atoms with van der Waals surface area (Å²) in [6.45, 7) is 7.69. The Bertz CT molecular complexity index is 1290. The average Bonchev–Trinajstić information content (AvgIpc) is 3.53. The van der Waals surface area contributed by atoms with E-state index in [0.717, 1.165) is 53.3 Å². The van der Waals surface area contributed by atoms with Gasteiger partial charge in [-0.05, 0) is 31.0 Å². The second-order valence-electron chi connectivity index (χ2n) is 8.37. The third kappa shape index (κ3) is 4.54. The lowest BCUT2D eigenvalue weighted by atomic mass is 10.2. The van der Waals surface area contributed by atoms with Gasteiger partial charge in [-0.3, -0.25) is 4.79 Å². The Labute approximate surface area is 202 Å². The maximum absolute atomic E-state index is 12.8.